The maximum Gasteiger partial charge on any atom is 0.206 e. The van der Waals surface area contributed by atoms with Crippen LogP contribution in [-0.2, 0) is 6.42 Å². The summed E-state index contributed by atoms with van der Waals surface area (Å²) in [4.78, 5) is 4.37. The van der Waals surface area contributed by atoms with E-state index >= 15 is 0 Å². The predicted molar refractivity (Wildman–Crippen MR) is 59.4 cm³/mol. The lowest BCUT2D eigenvalue weighted by atomic mass is 10.0. The molecule has 0 amide bonds. The largest absolute Gasteiger partial charge is 0.408 e. The first kappa shape index (κ1) is 11.1. The number of halogens is 3. The molecule has 2 N–H and O–H groups in total. The predicted octanol–water partition coefficient (Wildman–Crippen LogP) is 2.93. The maximum atomic E-state index is 13.8. The fraction of sp³-hybridized carbons (Fsp3) is 0.0769. The van der Waals surface area contributed by atoms with E-state index < -0.39 is 23.2 Å². The Balaban J connectivity index is 2.39. The van der Waals surface area contributed by atoms with Crippen LogP contribution in [0.5, 0.6) is 5.75 Å². The van der Waals surface area contributed by atoms with E-state index in [9.17, 15) is 13.2 Å². The second kappa shape index (κ2) is 3.74. The van der Waals surface area contributed by atoms with Crippen molar-refractivity contribution in [3.63, 3.8) is 0 Å². The fourth-order valence-electron chi connectivity index (χ4n) is 2.37. The lowest BCUT2D eigenvalue weighted by molar-refractivity contribution is 0.301. The van der Waals surface area contributed by atoms with Crippen LogP contribution in [0.4, 0.5) is 13.2 Å². The highest BCUT2D eigenvalue weighted by Crippen LogP contribution is 2.44. The Bertz CT molecular complexity index is 655. The summed E-state index contributed by atoms with van der Waals surface area (Å²) in [7, 11) is 0. The maximum absolute atomic E-state index is 13.8. The van der Waals surface area contributed by atoms with Crippen LogP contribution in [0.15, 0.2) is 24.3 Å². The first-order valence-electron chi connectivity index (χ1n) is 5.29. The molecular weight excluding hydrogens is 243 g/mol. The number of fused-ring (bicyclic) bond motifs is 3. The molecule has 5 heteroatoms. The summed E-state index contributed by atoms with van der Waals surface area (Å²) in [6.07, 6.45) is 0.270. The minimum absolute atomic E-state index is 0.0324. The van der Waals surface area contributed by atoms with Crippen LogP contribution < -0.4 is 10.7 Å². The van der Waals surface area contributed by atoms with Gasteiger partial charge in [-0.3, -0.25) is 0 Å². The Hall–Kier alpha value is -2.01. The quantitative estimate of drug-likeness (QED) is 0.533. The first-order chi connectivity index (χ1) is 8.65. The normalized spacial score (nSPS) is 12.2. The number of hydrogen-bond acceptors (Lipinski definition) is 2. The van der Waals surface area contributed by atoms with E-state index in [2.05, 4.69) is 4.84 Å². The number of nitrogens with two attached hydrogens (primary N) is 1. The third-order valence-corrected chi connectivity index (χ3v) is 3.15. The van der Waals surface area contributed by atoms with Crippen LogP contribution in [0, 0.1) is 17.5 Å². The van der Waals surface area contributed by atoms with Gasteiger partial charge in [-0.1, -0.05) is 24.3 Å². The molecule has 0 aliphatic heterocycles. The third kappa shape index (κ3) is 1.28. The van der Waals surface area contributed by atoms with E-state index in [1.54, 1.807) is 24.3 Å². The summed E-state index contributed by atoms with van der Waals surface area (Å²) in [6, 6.07) is 6.91. The van der Waals surface area contributed by atoms with E-state index in [4.69, 9.17) is 5.90 Å². The number of benzene rings is 2. The van der Waals surface area contributed by atoms with Gasteiger partial charge < -0.3 is 4.84 Å². The monoisotopic (exact) mass is 251 g/mol. The van der Waals surface area contributed by atoms with E-state index in [0.29, 0.717) is 5.56 Å². The van der Waals surface area contributed by atoms with Gasteiger partial charge in [-0.25, -0.2) is 8.78 Å². The highest BCUT2D eigenvalue weighted by Gasteiger charge is 2.31. The standard InChI is InChI=1S/C13H8F3NO/c14-10-9-7-4-2-1-3-6(7)5-8(9)13(18-17)12(16)11(10)15/h1-4H,5,17H2. The molecule has 0 aromatic heterocycles. The third-order valence-electron chi connectivity index (χ3n) is 3.15. The molecule has 0 bridgehead atoms. The van der Waals surface area contributed by atoms with Gasteiger partial charge in [0, 0.05) is 17.5 Å². The van der Waals surface area contributed by atoms with Gasteiger partial charge in [0.15, 0.2) is 17.4 Å². The van der Waals surface area contributed by atoms with Gasteiger partial charge in [-0.2, -0.15) is 10.3 Å². The van der Waals surface area contributed by atoms with Crippen molar-refractivity contribution in [2.45, 2.75) is 6.42 Å². The zero-order chi connectivity index (χ0) is 12.9. The lowest BCUT2D eigenvalue weighted by Crippen LogP contribution is -2.09. The molecule has 2 nitrogen and oxygen atoms in total. The van der Waals surface area contributed by atoms with Crippen LogP contribution in [-0.4, -0.2) is 0 Å². The van der Waals surface area contributed by atoms with Gasteiger partial charge in [-0.05, 0) is 11.1 Å². The molecule has 92 valence electrons. The minimum Gasteiger partial charge on any atom is -0.408 e. The van der Waals surface area contributed by atoms with Gasteiger partial charge in [0.05, 0.1) is 0 Å². The zero-order valence-electron chi connectivity index (χ0n) is 9.14. The summed E-state index contributed by atoms with van der Waals surface area (Å²) >= 11 is 0. The lowest BCUT2D eigenvalue weighted by Gasteiger charge is -2.10. The summed E-state index contributed by atoms with van der Waals surface area (Å²) in [5.41, 5.74) is 1.61. The van der Waals surface area contributed by atoms with Crippen molar-refractivity contribution in [2.75, 3.05) is 0 Å². The molecule has 1 aliphatic carbocycles. The summed E-state index contributed by atoms with van der Waals surface area (Å²) in [5, 5.41) is 0. The zero-order valence-corrected chi connectivity index (χ0v) is 9.14. The average molecular weight is 251 g/mol. The summed E-state index contributed by atoms with van der Waals surface area (Å²) in [5.74, 6) is 0.366. The molecule has 0 radical (unpaired) electrons. The molecule has 0 atom stereocenters. The van der Waals surface area contributed by atoms with Crippen LogP contribution in [0.2, 0.25) is 0 Å². The molecule has 0 heterocycles. The van der Waals surface area contributed by atoms with Crippen molar-refractivity contribution in [3.05, 3.63) is 52.8 Å². The van der Waals surface area contributed by atoms with Crippen molar-refractivity contribution in [1.82, 2.24) is 0 Å². The van der Waals surface area contributed by atoms with Crippen molar-refractivity contribution < 1.29 is 18.0 Å². The first-order valence-corrected chi connectivity index (χ1v) is 5.29. The molecule has 0 saturated carbocycles. The highest BCUT2D eigenvalue weighted by atomic mass is 19.2. The summed E-state index contributed by atoms with van der Waals surface area (Å²) in [6.45, 7) is 0. The molecular formula is C13H8F3NO. The Kier molecular flexibility index (Phi) is 2.31. The van der Waals surface area contributed by atoms with Gasteiger partial charge in [0.25, 0.3) is 0 Å². The molecule has 0 saturated heterocycles. The second-order valence-corrected chi connectivity index (χ2v) is 4.08. The number of rotatable bonds is 1. The van der Waals surface area contributed by atoms with E-state index in [1.807, 2.05) is 0 Å². The SMILES string of the molecule is NOc1c(F)c(F)c(F)c2c1Cc1ccccc1-2. The van der Waals surface area contributed by atoms with E-state index in [0.717, 1.165) is 5.56 Å². The Morgan fingerprint density at radius 3 is 2.44 bits per heavy atom. The van der Waals surface area contributed by atoms with Crippen molar-refractivity contribution in [2.24, 2.45) is 5.90 Å². The molecule has 2 aromatic carbocycles. The van der Waals surface area contributed by atoms with Crippen LogP contribution in [0.25, 0.3) is 11.1 Å². The molecule has 0 spiro atoms. The van der Waals surface area contributed by atoms with Gasteiger partial charge in [0.2, 0.25) is 5.82 Å². The van der Waals surface area contributed by atoms with Crippen molar-refractivity contribution >= 4 is 0 Å². The number of hydrogen-bond donors (Lipinski definition) is 1. The van der Waals surface area contributed by atoms with Crippen LogP contribution in [0.3, 0.4) is 0 Å². The van der Waals surface area contributed by atoms with Gasteiger partial charge >= 0.3 is 0 Å². The Morgan fingerprint density at radius 1 is 1.00 bits per heavy atom. The van der Waals surface area contributed by atoms with Gasteiger partial charge in [0.1, 0.15) is 0 Å². The minimum atomic E-state index is -1.56. The highest BCUT2D eigenvalue weighted by molar-refractivity contribution is 5.79. The Morgan fingerprint density at radius 2 is 1.72 bits per heavy atom. The molecule has 0 fully saturated rings. The molecule has 3 rings (SSSR count). The molecule has 18 heavy (non-hydrogen) atoms. The molecule has 0 unspecified atom stereocenters. The van der Waals surface area contributed by atoms with Crippen LogP contribution in [0.1, 0.15) is 11.1 Å². The topological polar surface area (TPSA) is 35.2 Å². The molecule has 2 aromatic rings. The van der Waals surface area contributed by atoms with Crippen molar-refractivity contribution in [1.29, 1.82) is 0 Å². The second-order valence-electron chi connectivity index (χ2n) is 4.08. The van der Waals surface area contributed by atoms with E-state index in [1.165, 1.54) is 0 Å². The smallest absolute Gasteiger partial charge is 0.206 e. The molecule has 1 aliphatic rings. The van der Waals surface area contributed by atoms with Gasteiger partial charge in [-0.15, -0.1) is 0 Å². The fourth-order valence-corrected chi connectivity index (χ4v) is 2.37. The van der Waals surface area contributed by atoms with E-state index in [-0.39, 0.29) is 17.5 Å². The van der Waals surface area contributed by atoms with Crippen molar-refractivity contribution in [3.8, 4) is 16.9 Å². The Labute approximate surface area is 101 Å². The average Bonchev–Trinajstić information content (AvgIpc) is 2.76. The summed E-state index contributed by atoms with van der Waals surface area (Å²) < 4.78 is 40.8. The van der Waals surface area contributed by atoms with Crippen LogP contribution >= 0.6 is 0 Å².